The summed E-state index contributed by atoms with van der Waals surface area (Å²) in [5.41, 5.74) is 0.179. The van der Waals surface area contributed by atoms with Gasteiger partial charge in [0.25, 0.3) is 0 Å². The summed E-state index contributed by atoms with van der Waals surface area (Å²) in [4.78, 5) is 25.2. The molecule has 0 amide bonds. The van der Waals surface area contributed by atoms with Gasteiger partial charge in [0.05, 0.1) is 20.3 Å². The van der Waals surface area contributed by atoms with Crippen molar-refractivity contribution in [1.29, 1.82) is 0 Å². The Balaban J connectivity index is 1.57. The lowest BCUT2D eigenvalue weighted by atomic mass is 9.72. The first-order chi connectivity index (χ1) is 17.4. The molecule has 1 aliphatic carbocycles. The number of aliphatic hydroxyl groups excluding tert-OH is 1. The number of unbranched alkanes of at least 4 members (excludes halogenated alkanes) is 1. The predicted octanol–water partition coefficient (Wildman–Crippen LogP) is 5.05. The summed E-state index contributed by atoms with van der Waals surface area (Å²) in [7, 11) is 3.09. The van der Waals surface area contributed by atoms with Crippen molar-refractivity contribution < 1.29 is 33.3 Å². The quantitative estimate of drug-likeness (QED) is 0.477. The van der Waals surface area contributed by atoms with Gasteiger partial charge in [-0.05, 0) is 56.2 Å². The summed E-state index contributed by atoms with van der Waals surface area (Å²) in [6.45, 7) is 4.07. The van der Waals surface area contributed by atoms with Crippen LogP contribution in [-0.2, 0) is 9.53 Å². The van der Waals surface area contributed by atoms with Gasteiger partial charge in [-0.1, -0.05) is 20.3 Å². The third kappa shape index (κ3) is 5.24. The molecule has 4 rings (SSSR count). The Hall–Kier alpha value is -3.00. The summed E-state index contributed by atoms with van der Waals surface area (Å²) in [5.74, 6) is 1.49. The summed E-state index contributed by atoms with van der Waals surface area (Å²) in [6, 6.07) is 6.88. The van der Waals surface area contributed by atoms with E-state index in [9.17, 15) is 14.7 Å². The van der Waals surface area contributed by atoms with Crippen molar-refractivity contribution in [3.63, 3.8) is 0 Å². The maximum Gasteiger partial charge on any atom is 0.345 e. The number of hydrogen-bond donors (Lipinski definition) is 1. The van der Waals surface area contributed by atoms with Gasteiger partial charge in [-0.2, -0.15) is 0 Å². The van der Waals surface area contributed by atoms with Crippen LogP contribution in [-0.4, -0.2) is 37.5 Å². The van der Waals surface area contributed by atoms with Gasteiger partial charge < -0.3 is 28.5 Å². The molecule has 1 aliphatic heterocycles. The minimum absolute atomic E-state index is 0.140. The lowest BCUT2D eigenvalue weighted by Gasteiger charge is -2.43. The fourth-order valence-corrected chi connectivity index (χ4v) is 5.43. The van der Waals surface area contributed by atoms with Crippen LogP contribution in [0.15, 0.2) is 33.5 Å². The normalized spacial score (nSPS) is 23.6. The Kier molecular flexibility index (Phi) is 8.24. The van der Waals surface area contributed by atoms with E-state index in [1.54, 1.807) is 31.4 Å². The van der Waals surface area contributed by atoms with Gasteiger partial charge in [-0.3, -0.25) is 4.79 Å². The van der Waals surface area contributed by atoms with Crippen LogP contribution in [0.3, 0.4) is 0 Å². The number of carbonyl (C=O) groups is 1. The number of methoxy groups -OCH3 is 2. The Morgan fingerprint density at radius 1 is 1.14 bits per heavy atom. The standard InChI is InChI=1S/C28H36O8/c1-5-7-8-25(29)35-19(6-2)16-9-11-18-22(13-16)34-24-15-21(36-28(31)26(24)27(18)30)17-10-12-20(32-3)23(14-17)33-4/h10,12,14-16,18-19,22,27,30H,5-9,11,13H2,1-4H3/t16-,18?,19?,22-,27-/m0/s1. The molecular weight excluding hydrogens is 464 g/mol. The fraction of sp³-hybridized carbons (Fsp3) is 0.571. The molecule has 0 spiro atoms. The number of ether oxygens (including phenoxy) is 4. The molecule has 2 unspecified atom stereocenters. The van der Waals surface area contributed by atoms with Crippen LogP contribution in [0.5, 0.6) is 17.2 Å². The number of rotatable bonds is 9. The van der Waals surface area contributed by atoms with Crippen LogP contribution in [0, 0.1) is 11.8 Å². The Morgan fingerprint density at radius 2 is 1.92 bits per heavy atom. The summed E-state index contributed by atoms with van der Waals surface area (Å²) < 4.78 is 28.4. The highest BCUT2D eigenvalue weighted by molar-refractivity contribution is 5.69. The minimum Gasteiger partial charge on any atom is -0.493 e. The van der Waals surface area contributed by atoms with Gasteiger partial charge in [-0.25, -0.2) is 4.79 Å². The molecule has 0 saturated heterocycles. The van der Waals surface area contributed by atoms with E-state index in [0.29, 0.717) is 47.8 Å². The molecule has 1 aromatic carbocycles. The second-order valence-corrected chi connectivity index (χ2v) is 9.62. The molecule has 0 radical (unpaired) electrons. The number of aliphatic hydroxyl groups is 1. The molecule has 2 heterocycles. The van der Waals surface area contributed by atoms with E-state index in [1.165, 1.54) is 7.11 Å². The van der Waals surface area contributed by atoms with Gasteiger partial charge in [-0.15, -0.1) is 0 Å². The third-order valence-corrected chi connectivity index (χ3v) is 7.43. The highest BCUT2D eigenvalue weighted by Gasteiger charge is 2.45. The van der Waals surface area contributed by atoms with Gasteiger partial charge in [0, 0.05) is 24.0 Å². The Morgan fingerprint density at radius 3 is 2.61 bits per heavy atom. The first-order valence-electron chi connectivity index (χ1n) is 12.8. The van der Waals surface area contributed by atoms with E-state index in [1.807, 2.05) is 13.8 Å². The topological polar surface area (TPSA) is 104 Å². The van der Waals surface area contributed by atoms with E-state index >= 15 is 0 Å². The van der Waals surface area contributed by atoms with E-state index in [4.69, 9.17) is 23.4 Å². The molecule has 1 N–H and O–H groups in total. The van der Waals surface area contributed by atoms with Gasteiger partial charge in [0.15, 0.2) is 11.5 Å². The molecule has 196 valence electrons. The minimum atomic E-state index is -0.970. The van der Waals surface area contributed by atoms with Crippen LogP contribution in [0.2, 0.25) is 0 Å². The van der Waals surface area contributed by atoms with E-state index in [0.717, 1.165) is 25.7 Å². The zero-order valence-electron chi connectivity index (χ0n) is 21.5. The summed E-state index contributed by atoms with van der Waals surface area (Å²) in [6.07, 6.45) is 3.62. The highest BCUT2D eigenvalue weighted by Crippen LogP contribution is 2.47. The van der Waals surface area contributed by atoms with Crippen molar-refractivity contribution in [3.8, 4) is 28.6 Å². The monoisotopic (exact) mass is 500 g/mol. The predicted molar refractivity (Wildman–Crippen MR) is 133 cm³/mol. The summed E-state index contributed by atoms with van der Waals surface area (Å²) >= 11 is 0. The maximum absolute atomic E-state index is 12.9. The molecule has 1 aromatic heterocycles. The van der Waals surface area contributed by atoms with E-state index in [-0.39, 0.29) is 35.6 Å². The molecule has 1 fully saturated rings. The number of benzene rings is 1. The highest BCUT2D eigenvalue weighted by atomic mass is 16.5. The Bertz CT molecular complexity index is 1120. The number of esters is 1. The van der Waals surface area contributed by atoms with Crippen LogP contribution in [0.25, 0.3) is 11.3 Å². The van der Waals surface area contributed by atoms with Gasteiger partial charge in [0.1, 0.15) is 29.3 Å². The van der Waals surface area contributed by atoms with Crippen LogP contribution < -0.4 is 19.8 Å². The average molecular weight is 501 g/mol. The van der Waals surface area contributed by atoms with Crippen molar-refractivity contribution in [1.82, 2.24) is 0 Å². The van der Waals surface area contributed by atoms with Gasteiger partial charge in [0.2, 0.25) is 0 Å². The fourth-order valence-electron chi connectivity index (χ4n) is 5.43. The summed E-state index contributed by atoms with van der Waals surface area (Å²) in [5, 5.41) is 11.1. The Labute approximate surface area is 211 Å². The van der Waals surface area contributed by atoms with Crippen LogP contribution in [0.1, 0.15) is 70.5 Å². The van der Waals surface area contributed by atoms with Crippen molar-refractivity contribution in [2.24, 2.45) is 11.8 Å². The molecule has 8 nitrogen and oxygen atoms in total. The third-order valence-electron chi connectivity index (χ3n) is 7.43. The second kappa shape index (κ2) is 11.4. The number of carbonyl (C=O) groups excluding carboxylic acids is 1. The molecule has 0 bridgehead atoms. The zero-order chi connectivity index (χ0) is 25.8. The van der Waals surface area contributed by atoms with Crippen molar-refractivity contribution in [2.75, 3.05) is 14.2 Å². The number of hydrogen-bond acceptors (Lipinski definition) is 8. The molecular formula is C28H36O8. The molecule has 8 heteroatoms. The smallest absolute Gasteiger partial charge is 0.345 e. The van der Waals surface area contributed by atoms with Crippen LogP contribution >= 0.6 is 0 Å². The first kappa shape index (κ1) is 26.1. The van der Waals surface area contributed by atoms with Crippen molar-refractivity contribution >= 4 is 5.97 Å². The largest absolute Gasteiger partial charge is 0.493 e. The SMILES string of the molecule is CCCCC(=O)OC(CC)[C@H]1CCC2[C@H](C1)Oc1cc(-c3ccc(OC)c(OC)c3)oc(=O)c1[C@H]2O. The van der Waals surface area contributed by atoms with Crippen LogP contribution in [0.4, 0.5) is 0 Å². The molecule has 36 heavy (non-hydrogen) atoms. The first-order valence-corrected chi connectivity index (χ1v) is 12.8. The second-order valence-electron chi connectivity index (χ2n) is 9.62. The van der Waals surface area contributed by atoms with E-state index in [2.05, 4.69) is 0 Å². The van der Waals surface area contributed by atoms with Crippen molar-refractivity contribution in [2.45, 2.75) is 77.1 Å². The number of fused-ring (bicyclic) bond motifs is 2. The molecule has 2 aromatic rings. The van der Waals surface area contributed by atoms with Crippen molar-refractivity contribution in [3.05, 3.63) is 40.2 Å². The molecule has 5 atom stereocenters. The zero-order valence-corrected chi connectivity index (χ0v) is 21.5. The molecule has 1 saturated carbocycles. The van der Waals surface area contributed by atoms with E-state index < -0.39 is 11.7 Å². The lowest BCUT2D eigenvalue weighted by molar-refractivity contribution is -0.155. The van der Waals surface area contributed by atoms with Gasteiger partial charge >= 0.3 is 11.6 Å². The lowest BCUT2D eigenvalue weighted by Crippen LogP contribution is -2.45. The molecule has 2 aliphatic rings. The maximum atomic E-state index is 12.9. The average Bonchev–Trinajstić information content (AvgIpc) is 2.89.